The van der Waals surface area contributed by atoms with Gasteiger partial charge >= 0.3 is 0 Å². The van der Waals surface area contributed by atoms with E-state index >= 15 is 0 Å². The Hall–Kier alpha value is -1.59. The van der Waals surface area contributed by atoms with Crippen molar-refractivity contribution in [3.63, 3.8) is 0 Å². The number of benzene rings is 1. The van der Waals surface area contributed by atoms with Crippen LogP contribution in [-0.4, -0.2) is 15.7 Å². The second-order valence-corrected chi connectivity index (χ2v) is 5.91. The maximum absolute atomic E-state index is 5.87. The molecule has 0 unspecified atom stereocenters. The van der Waals surface area contributed by atoms with Crippen LogP contribution in [-0.2, 0) is 0 Å². The first-order valence-corrected chi connectivity index (χ1v) is 7.67. The van der Waals surface area contributed by atoms with Gasteiger partial charge < -0.3 is 10.5 Å². The fourth-order valence-electron chi connectivity index (χ4n) is 1.76. The van der Waals surface area contributed by atoms with E-state index in [0.29, 0.717) is 16.5 Å². The van der Waals surface area contributed by atoms with Crippen molar-refractivity contribution in [2.24, 2.45) is 5.73 Å². The Morgan fingerprint density at radius 3 is 2.75 bits per heavy atom. The van der Waals surface area contributed by atoms with E-state index in [1.54, 1.807) is 18.0 Å². The average molecular weight is 304 g/mol. The lowest BCUT2D eigenvalue weighted by Gasteiger charge is -2.13. The average Bonchev–Trinajstić information content (AvgIpc) is 2.41. The smallest absolute Gasteiger partial charge is 0.145 e. The molecule has 1 heterocycles. The van der Waals surface area contributed by atoms with Gasteiger partial charge in [-0.15, -0.1) is 11.8 Å². The molecule has 0 aliphatic rings. The molecule has 0 spiro atoms. The summed E-state index contributed by atoms with van der Waals surface area (Å²) in [6.45, 7) is 4.02. The fourth-order valence-corrected chi connectivity index (χ4v) is 2.87. The lowest BCUT2D eigenvalue weighted by molar-refractivity contribution is 0.477. The molecule has 0 atom stereocenters. The molecule has 3 nitrogen and oxygen atoms in total. The molecular formula is C15H16N2OS2. The van der Waals surface area contributed by atoms with Crippen molar-refractivity contribution in [3.05, 3.63) is 47.8 Å². The molecule has 20 heavy (non-hydrogen) atoms. The van der Waals surface area contributed by atoms with E-state index in [4.69, 9.17) is 22.7 Å². The molecule has 0 bridgehead atoms. The summed E-state index contributed by atoms with van der Waals surface area (Å²) < 4.78 is 5.87. The highest BCUT2D eigenvalue weighted by atomic mass is 32.2. The summed E-state index contributed by atoms with van der Waals surface area (Å²) in [5.74, 6) is 2.29. The molecule has 0 saturated heterocycles. The van der Waals surface area contributed by atoms with Crippen LogP contribution in [0.2, 0.25) is 0 Å². The fraction of sp³-hybridized carbons (Fsp3) is 0.200. The Kier molecular flexibility index (Phi) is 4.98. The molecule has 2 aromatic rings. The number of hydrogen-bond donors (Lipinski definition) is 1. The molecule has 0 amide bonds. The summed E-state index contributed by atoms with van der Waals surface area (Å²) in [4.78, 5) is 5.60. The van der Waals surface area contributed by atoms with E-state index in [1.807, 2.05) is 37.3 Å². The van der Waals surface area contributed by atoms with Gasteiger partial charge in [0.1, 0.15) is 16.5 Å². The number of rotatable bonds is 5. The zero-order valence-electron chi connectivity index (χ0n) is 11.4. The van der Waals surface area contributed by atoms with Crippen molar-refractivity contribution in [1.29, 1.82) is 0 Å². The molecule has 0 aliphatic carbocycles. The van der Waals surface area contributed by atoms with Gasteiger partial charge in [0.25, 0.3) is 0 Å². The van der Waals surface area contributed by atoms with Gasteiger partial charge in [-0.2, -0.15) is 0 Å². The molecule has 2 rings (SSSR count). The van der Waals surface area contributed by atoms with E-state index in [2.05, 4.69) is 11.9 Å². The summed E-state index contributed by atoms with van der Waals surface area (Å²) in [6.07, 6.45) is 1.69. The minimum absolute atomic E-state index is 0.344. The van der Waals surface area contributed by atoms with Crippen LogP contribution in [0.15, 0.2) is 41.4 Å². The highest BCUT2D eigenvalue weighted by Crippen LogP contribution is 2.32. The maximum atomic E-state index is 5.87. The van der Waals surface area contributed by atoms with Gasteiger partial charge in [0, 0.05) is 10.6 Å². The van der Waals surface area contributed by atoms with Crippen LogP contribution in [0, 0.1) is 6.92 Å². The number of pyridine rings is 1. The van der Waals surface area contributed by atoms with Crippen molar-refractivity contribution in [1.82, 2.24) is 4.98 Å². The summed E-state index contributed by atoms with van der Waals surface area (Å²) >= 11 is 6.85. The minimum atomic E-state index is 0.344. The van der Waals surface area contributed by atoms with Gasteiger partial charge in [0.2, 0.25) is 0 Å². The second kappa shape index (κ2) is 6.72. The summed E-state index contributed by atoms with van der Waals surface area (Å²) in [7, 11) is 0. The Bertz CT molecular complexity index is 612. The molecule has 1 aromatic heterocycles. The first-order chi connectivity index (χ1) is 9.61. The lowest BCUT2D eigenvalue weighted by Crippen LogP contribution is -2.12. The van der Waals surface area contributed by atoms with E-state index in [-0.39, 0.29) is 0 Å². The van der Waals surface area contributed by atoms with Crippen LogP contribution in [0.1, 0.15) is 18.2 Å². The monoisotopic (exact) mass is 304 g/mol. The van der Waals surface area contributed by atoms with E-state index < -0.39 is 0 Å². The number of aryl methyl sites for hydroxylation is 1. The lowest BCUT2D eigenvalue weighted by atomic mass is 10.2. The van der Waals surface area contributed by atoms with Crippen molar-refractivity contribution >= 4 is 29.0 Å². The molecule has 0 radical (unpaired) electrons. The largest absolute Gasteiger partial charge is 0.455 e. The van der Waals surface area contributed by atoms with Crippen LogP contribution >= 0.6 is 24.0 Å². The van der Waals surface area contributed by atoms with E-state index in [1.165, 1.54) is 0 Å². The van der Waals surface area contributed by atoms with Gasteiger partial charge in [-0.05, 0) is 36.9 Å². The Morgan fingerprint density at radius 2 is 2.15 bits per heavy atom. The summed E-state index contributed by atoms with van der Waals surface area (Å²) in [5, 5.41) is 0. The molecule has 5 heteroatoms. The van der Waals surface area contributed by atoms with Crippen LogP contribution in [0.25, 0.3) is 0 Å². The van der Waals surface area contributed by atoms with Crippen molar-refractivity contribution < 1.29 is 4.74 Å². The molecule has 0 saturated carbocycles. The highest BCUT2D eigenvalue weighted by molar-refractivity contribution is 7.99. The molecule has 104 valence electrons. The molecule has 1 aromatic carbocycles. The van der Waals surface area contributed by atoms with Gasteiger partial charge in [0.05, 0.1) is 11.8 Å². The third-order valence-electron chi connectivity index (χ3n) is 2.65. The van der Waals surface area contributed by atoms with Crippen molar-refractivity contribution in [2.45, 2.75) is 18.7 Å². The first kappa shape index (κ1) is 14.8. The van der Waals surface area contributed by atoms with Gasteiger partial charge in [-0.1, -0.05) is 25.2 Å². The summed E-state index contributed by atoms with van der Waals surface area (Å²) in [5.41, 5.74) is 7.58. The van der Waals surface area contributed by atoms with Crippen LogP contribution in [0.3, 0.4) is 0 Å². The Balaban J connectivity index is 2.37. The third kappa shape index (κ3) is 3.49. The maximum Gasteiger partial charge on any atom is 0.145 e. The van der Waals surface area contributed by atoms with Crippen LogP contribution in [0.4, 0.5) is 0 Å². The van der Waals surface area contributed by atoms with E-state index in [0.717, 1.165) is 21.9 Å². The molecule has 2 N–H and O–H groups in total. The van der Waals surface area contributed by atoms with E-state index in [9.17, 15) is 0 Å². The molecule has 0 aliphatic heterocycles. The molecular weight excluding hydrogens is 288 g/mol. The van der Waals surface area contributed by atoms with Crippen molar-refractivity contribution in [2.75, 3.05) is 5.75 Å². The van der Waals surface area contributed by atoms with Gasteiger partial charge in [0.15, 0.2) is 0 Å². The topological polar surface area (TPSA) is 48.1 Å². The number of thiocarbonyl (C=S) groups is 1. The predicted octanol–water partition coefficient (Wildman–Crippen LogP) is 3.93. The quantitative estimate of drug-likeness (QED) is 0.670. The first-order valence-electron chi connectivity index (χ1n) is 6.28. The normalized spacial score (nSPS) is 10.3. The minimum Gasteiger partial charge on any atom is -0.455 e. The summed E-state index contributed by atoms with van der Waals surface area (Å²) in [6, 6.07) is 9.60. The Labute approximate surface area is 128 Å². The number of nitrogens with zero attached hydrogens (tertiary/aromatic N) is 1. The Morgan fingerprint density at radius 1 is 1.35 bits per heavy atom. The zero-order chi connectivity index (χ0) is 14.5. The van der Waals surface area contributed by atoms with Crippen LogP contribution in [0.5, 0.6) is 11.5 Å². The predicted molar refractivity (Wildman–Crippen MR) is 87.8 cm³/mol. The third-order valence-corrected chi connectivity index (χ3v) is 3.79. The molecule has 0 fully saturated rings. The highest BCUT2D eigenvalue weighted by Gasteiger charge is 2.13. The SMILES string of the molecule is CCSc1cccc(Oc2ccc(C)nc2)c1C(N)=S. The standard InChI is InChI=1S/C15H16N2OS2/c1-3-20-13-6-4-5-12(14(13)15(16)19)18-11-8-7-10(2)17-9-11/h4-9H,3H2,1-2H3,(H2,16,19). The number of hydrogen-bond acceptors (Lipinski definition) is 4. The number of nitrogens with two attached hydrogens (primary N) is 1. The van der Waals surface area contributed by atoms with Gasteiger partial charge in [-0.25, -0.2) is 0 Å². The number of thioether (sulfide) groups is 1. The number of ether oxygens (including phenoxy) is 1. The second-order valence-electron chi connectivity index (χ2n) is 4.16. The van der Waals surface area contributed by atoms with Gasteiger partial charge in [-0.3, -0.25) is 4.98 Å². The number of aromatic nitrogens is 1. The zero-order valence-corrected chi connectivity index (χ0v) is 13.1. The van der Waals surface area contributed by atoms with Crippen LogP contribution < -0.4 is 10.5 Å². The van der Waals surface area contributed by atoms with Crippen molar-refractivity contribution in [3.8, 4) is 11.5 Å².